The number of hydrogen-bond acceptors (Lipinski definition) is 4. The number of morpholine rings is 1. The fourth-order valence-corrected chi connectivity index (χ4v) is 4.04. The molecule has 2 atom stereocenters. The summed E-state index contributed by atoms with van der Waals surface area (Å²) in [6, 6.07) is 1.15. The van der Waals surface area contributed by atoms with Crippen LogP contribution >= 0.6 is 24.0 Å². The van der Waals surface area contributed by atoms with Crippen LogP contribution in [0.4, 0.5) is 0 Å². The van der Waals surface area contributed by atoms with Gasteiger partial charge in [-0.1, -0.05) is 27.2 Å². The van der Waals surface area contributed by atoms with E-state index in [1.807, 2.05) is 7.05 Å². The molecule has 2 aliphatic heterocycles. The lowest BCUT2D eigenvalue weighted by molar-refractivity contribution is 0.00751. The Kier molecular flexibility index (Phi) is 12.1. The summed E-state index contributed by atoms with van der Waals surface area (Å²) in [6.07, 6.45) is 3.98. The van der Waals surface area contributed by atoms with E-state index in [-0.39, 0.29) is 24.0 Å². The Bertz CT molecular complexity index is 401. The molecule has 154 valence electrons. The van der Waals surface area contributed by atoms with Gasteiger partial charge >= 0.3 is 0 Å². The van der Waals surface area contributed by atoms with Gasteiger partial charge in [0.25, 0.3) is 0 Å². The lowest BCUT2D eigenvalue weighted by Gasteiger charge is -2.37. The normalized spacial score (nSPS) is 24.2. The average Bonchev–Trinajstić information content (AvgIpc) is 2.65. The lowest BCUT2D eigenvalue weighted by atomic mass is 10.0. The lowest BCUT2D eigenvalue weighted by Crippen LogP contribution is -2.54. The predicted molar refractivity (Wildman–Crippen MR) is 121 cm³/mol. The van der Waals surface area contributed by atoms with Crippen LogP contribution < -0.4 is 10.6 Å². The van der Waals surface area contributed by atoms with E-state index < -0.39 is 0 Å². The first-order valence-corrected chi connectivity index (χ1v) is 10.2. The van der Waals surface area contributed by atoms with Crippen LogP contribution in [0.2, 0.25) is 0 Å². The quantitative estimate of drug-likeness (QED) is 0.331. The largest absolute Gasteiger partial charge is 0.379 e. The van der Waals surface area contributed by atoms with E-state index in [0.29, 0.717) is 18.0 Å². The molecule has 0 bridgehead atoms. The Morgan fingerprint density at radius 3 is 2.50 bits per heavy atom. The van der Waals surface area contributed by atoms with Crippen molar-refractivity contribution in [3.63, 3.8) is 0 Å². The van der Waals surface area contributed by atoms with Gasteiger partial charge in [0.2, 0.25) is 0 Å². The summed E-state index contributed by atoms with van der Waals surface area (Å²) in [5.74, 6) is 1.54. The highest BCUT2D eigenvalue weighted by molar-refractivity contribution is 14.0. The van der Waals surface area contributed by atoms with Gasteiger partial charge in [0, 0.05) is 45.3 Å². The summed E-state index contributed by atoms with van der Waals surface area (Å²) < 4.78 is 5.50. The molecule has 2 saturated heterocycles. The van der Waals surface area contributed by atoms with E-state index in [4.69, 9.17) is 4.74 Å². The molecule has 0 radical (unpaired) electrons. The van der Waals surface area contributed by atoms with E-state index in [1.165, 1.54) is 25.8 Å². The van der Waals surface area contributed by atoms with Crippen molar-refractivity contribution in [2.45, 2.75) is 52.1 Å². The number of rotatable bonds is 7. The van der Waals surface area contributed by atoms with E-state index in [9.17, 15) is 0 Å². The van der Waals surface area contributed by atoms with Crippen LogP contribution in [0.5, 0.6) is 0 Å². The van der Waals surface area contributed by atoms with Gasteiger partial charge in [-0.3, -0.25) is 14.8 Å². The molecule has 2 heterocycles. The molecule has 2 rings (SSSR count). The van der Waals surface area contributed by atoms with Crippen molar-refractivity contribution < 1.29 is 4.74 Å². The van der Waals surface area contributed by atoms with E-state index >= 15 is 0 Å². The van der Waals surface area contributed by atoms with Gasteiger partial charge in [-0.15, -0.1) is 24.0 Å². The standard InChI is InChI=1S/C19H39N5O.HI/c1-5-23-9-7-6-8-17(23)14-21-19(20-4)22-15-18(16(2)3)24-10-12-25-13-11-24;/h16-18H,5-15H2,1-4H3,(H2,20,21,22);1H. The van der Waals surface area contributed by atoms with Gasteiger partial charge < -0.3 is 15.4 Å². The molecule has 0 spiro atoms. The van der Waals surface area contributed by atoms with Crippen LogP contribution in [0.1, 0.15) is 40.0 Å². The van der Waals surface area contributed by atoms with Crippen LogP contribution in [0.3, 0.4) is 0 Å². The van der Waals surface area contributed by atoms with Crippen molar-refractivity contribution in [1.29, 1.82) is 0 Å². The van der Waals surface area contributed by atoms with Crippen LogP contribution in [0.15, 0.2) is 4.99 Å². The second-order valence-electron chi connectivity index (χ2n) is 7.57. The minimum Gasteiger partial charge on any atom is -0.379 e. The van der Waals surface area contributed by atoms with E-state index in [2.05, 4.69) is 46.2 Å². The van der Waals surface area contributed by atoms with Gasteiger partial charge in [0.1, 0.15) is 0 Å². The van der Waals surface area contributed by atoms with Crippen LogP contribution in [-0.4, -0.2) is 87.4 Å². The maximum absolute atomic E-state index is 5.50. The molecule has 2 unspecified atom stereocenters. The maximum Gasteiger partial charge on any atom is 0.191 e. The minimum absolute atomic E-state index is 0. The first-order chi connectivity index (χ1) is 12.2. The zero-order valence-electron chi connectivity index (χ0n) is 17.2. The summed E-state index contributed by atoms with van der Waals surface area (Å²) >= 11 is 0. The zero-order chi connectivity index (χ0) is 18.1. The topological polar surface area (TPSA) is 52.1 Å². The summed E-state index contributed by atoms with van der Waals surface area (Å²) in [5.41, 5.74) is 0. The molecule has 0 amide bonds. The Morgan fingerprint density at radius 1 is 1.15 bits per heavy atom. The van der Waals surface area contributed by atoms with Gasteiger partial charge in [-0.05, 0) is 31.8 Å². The van der Waals surface area contributed by atoms with Crippen LogP contribution in [0.25, 0.3) is 0 Å². The first kappa shape index (κ1) is 23.9. The van der Waals surface area contributed by atoms with Crippen molar-refractivity contribution >= 4 is 29.9 Å². The SMILES string of the molecule is CCN1CCCCC1CNC(=NC)NCC(C(C)C)N1CCOCC1.I. The molecule has 0 aromatic heterocycles. The summed E-state index contributed by atoms with van der Waals surface area (Å²) in [5, 5.41) is 7.11. The van der Waals surface area contributed by atoms with Crippen molar-refractivity contribution in [3.05, 3.63) is 0 Å². The van der Waals surface area contributed by atoms with Crippen molar-refractivity contribution in [2.75, 3.05) is 59.5 Å². The molecule has 2 N–H and O–H groups in total. The predicted octanol–water partition coefficient (Wildman–Crippen LogP) is 2.00. The highest BCUT2D eigenvalue weighted by Gasteiger charge is 2.24. The zero-order valence-corrected chi connectivity index (χ0v) is 19.5. The second kappa shape index (κ2) is 13.1. The van der Waals surface area contributed by atoms with Crippen LogP contribution in [-0.2, 0) is 4.74 Å². The maximum atomic E-state index is 5.50. The third-order valence-corrected chi connectivity index (χ3v) is 5.65. The number of ether oxygens (including phenoxy) is 1. The average molecular weight is 481 g/mol. The van der Waals surface area contributed by atoms with Gasteiger partial charge in [0.15, 0.2) is 5.96 Å². The Morgan fingerprint density at radius 2 is 1.88 bits per heavy atom. The molecule has 0 aliphatic carbocycles. The number of nitrogens with zero attached hydrogens (tertiary/aromatic N) is 3. The number of likely N-dealkylation sites (N-methyl/N-ethyl adjacent to an activating group) is 1. The minimum atomic E-state index is 0. The number of piperidine rings is 1. The molecule has 2 aliphatic rings. The molecule has 7 heteroatoms. The highest BCUT2D eigenvalue weighted by atomic mass is 127. The smallest absolute Gasteiger partial charge is 0.191 e. The number of likely N-dealkylation sites (tertiary alicyclic amines) is 1. The van der Waals surface area contributed by atoms with E-state index in [1.54, 1.807) is 0 Å². The fourth-order valence-electron chi connectivity index (χ4n) is 4.04. The molecule has 6 nitrogen and oxygen atoms in total. The van der Waals surface area contributed by atoms with Gasteiger partial charge in [-0.2, -0.15) is 0 Å². The van der Waals surface area contributed by atoms with Gasteiger partial charge in [-0.25, -0.2) is 0 Å². The molecule has 0 aromatic rings. The molecular formula is C19H40IN5O. The fraction of sp³-hybridized carbons (Fsp3) is 0.947. The van der Waals surface area contributed by atoms with Gasteiger partial charge in [0.05, 0.1) is 13.2 Å². The summed E-state index contributed by atoms with van der Waals surface area (Å²) in [4.78, 5) is 9.57. The highest BCUT2D eigenvalue weighted by Crippen LogP contribution is 2.16. The van der Waals surface area contributed by atoms with E-state index in [0.717, 1.165) is 51.9 Å². The third kappa shape index (κ3) is 7.48. The molecule has 0 aromatic carbocycles. The third-order valence-electron chi connectivity index (χ3n) is 5.65. The molecule has 2 fully saturated rings. The first-order valence-electron chi connectivity index (χ1n) is 10.2. The van der Waals surface area contributed by atoms with Crippen molar-refractivity contribution in [2.24, 2.45) is 10.9 Å². The van der Waals surface area contributed by atoms with Crippen molar-refractivity contribution in [3.8, 4) is 0 Å². The summed E-state index contributed by atoms with van der Waals surface area (Å²) in [6.45, 7) is 14.9. The summed E-state index contributed by atoms with van der Waals surface area (Å²) in [7, 11) is 1.87. The number of hydrogen-bond donors (Lipinski definition) is 2. The van der Waals surface area contributed by atoms with Crippen molar-refractivity contribution in [1.82, 2.24) is 20.4 Å². The monoisotopic (exact) mass is 481 g/mol. The second-order valence-corrected chi connectivity index (χ2v) is 7.57. The molecule has 0 saturated carbocycles. The Hall–Kier alpha value is -0.120. The number of halogens is 1. The Balaban J connectivity index is 0.00000338. The Labute approximate surface area is 177 Å². The number of nitrogens with one attached hydrogen (secondary N) is 2. The number of aliphatic imine (C=N–C) groups is 1. The van der Waals surface area contributed by atoms with Crippen LogP contribution in [0, 0.1) is 5.92 Å². The molecule has 26 heavy (non-hydrogen) atoms. The molecular weight excluding hydrogens is 441 g/mol. The number of guanidine groups is 1.